The molecular formula is C33H58N8O10S2. The number of nitrogens with zero attached hydrogens (tertiary/aromatic N) is 4. The molecule has 10 atom stereocenters. The van der Waals surface area contributed by atoms with Crippen LogP contribution in [0.4, 0.5) is 0 Å². The minimum absolute atomic E-state index is 0.110. The molecule has 2 fully saturated rings. The Morgan fingerprint density at radius 2 is 1.26 bits per heavy atom. The van der Waals surface area contributed by atoms with Gasteiger partial charge < -0.3 is 56.3 Å². The van der Waals surface area contributed by atoms with Crippen LogP contribution in [0.3, 0.4) is 0 Å². The zero-order valence-electron chi connectivity index (χ0n) is 32.4. The van der Waals surface area contributed by atoms with E-state index < -0.39 is 126 Å². The molecule has 0 aromatic heterocycles. The summed E-state index contributed by atoms with van der Waals surface area (Å²) in [6, 6.07) is -9.72. The molecule has 0 aromatic rings. The summed E-state index contributed by atoms with van der Waals surface area (Å²) in [5.74, 6) is -5.98. The Balaban J connectivity index is 2.89. The second-order valence-electron chi connectivity index (χ2n) is 14.1. The number of nitrogens with one attached hydrogen (secondary N) is 2. The molecule has 20 heteroatoms. The van der Waals surface area contributed by atoms with Gasteiger partial charge in [-0.15, -0.1) is 23.5 Å². The van der Waals surface area contributed by atoms with Gasteiger partial charge in [-0.25, -0.2) is 4.79 Å². The van der Waals surface area contributed by atoms with E-state index in [4.69, 9.17) is 20.9 Å². The van der Waals surface area contributed by atoms with Crippen LogP contribution in [0.25, 0.3) is 0 Å². The zero-order valence-corrected chi connectivity index (χ0v) is 34.1. The summed E-state index contributed by atoms with van der Waals surface area (Å²) >= 11 is 2.33. The van der Waals surface area contributed by atoms with Gasteiger partial charge in [0.1, 0.15) is 48.9 Å². The number of carbonyl (C=O) groups excluding carboxylic acids is 7. The van der Waals surface area contributed by atoms with Crippen molar-refractivity contribution < 1.29 is 48.1 Å². The Morgan fingerprint density at radius 3 is 1.75 bits per heavy atom. The first-order valence-corrected chi connectivity index (χ1v) is 19.7. The van der Waals surface area contributed by atoms with Gasteiger partial charge in [-0.2, -0.15) is 0 Å². The third-order valence-corrected chi connectivity index (χ3v) is 12.2. The van der Waals surface area contributed by atoms with Crippen molar-refractivity contribution in [2.45, 2.75) is 101 Å². The quantitative estimate of drug-likeness (QED) is 0.187. The molecule has 18 nitrogen and oxygen atoms in total. The van der Waals surface area contributed by atoms with Crippen LogP contribution < -0.4 is 22.1 Å². The normalized spacial score (nSPS) is 33.3. The number of thioether (sulfide) groups is 2. The molecule has 302 valence electrons. The summed E-state index contributed by atoms with van der Waals surface area (Å²) in [6.45, 7) is 8.70. The fraction of sp³-hybridized carbons (Fsp3) is 0.788. The molecule has 2 aliphatic rings. The van der Waals surface area contributed by atoms with Crippen molar-refractivity contribution >= 4 is 64.9 Å². The van der Waals surface area contributed by atoms with Gasteiger partial charge in [0, 0.05) is 33.9 Å². The van der Waals surface area contributed by atoms with E-state index in [1.807, 2.05) is 0 Å². The van der Waals surface area contributed by atoms with Crippen LogP contribution in [0, 0.1) is 11.8 Å². The van der Waals surface area contributed by atoms with Crippen LogP contribution in [0.5, 0.6) is 0 Å². The lowest BCUT2D eigenvalue weighted by Gasteiger charge is -2.40. The number of fused-ring (bicyclic) bond motifs is 4. The smallest absolute Gasteiger partial charge is 0.329 e. The summed E-state index contributed by atoms with van der Waals surface area (Å²) in [5, 5.41) is 16.2. The molecule has 0 saturated carbocycles. The van der Waals surface area contributed by atoms with E-state index in [9.17, 15) is 38.7 Å². The second-order valence-corrected chi connectivity index (χ2v) is 16.6. The van der Waals surface area contributed by atoms with Gasteiger partial charge in [0.2, 0.25) is 35.4 Å². The number of nitrogens with two attached hydrogens (primary N) is 2. The number of carbonyl (C=O) groups is 7. The predicted octanol–water partition coefficient (Wildman–Crippen LogP) is -2.40. The van der Waals surface area contributed by atoms with Gasteiger partial charge in [0.05, 0.1) is 17.2 Å². The predicted molar refractivity (Wildman–Crippen MR) is 200 cm³/mol. The van der Waals surface area contributed by atoms with Crippen molar-refractivity contribution in [2.24, 2.45) is 23.3 Å². The monoisotopic (exact) mass is 790 g/mol. The average molecular weight is 791 g/mol. The molecule has 2 aliphatic heterocycles. The third-order valence-electron chi connectivity index (χ3n) is 9.42. The molecular weight excluding hydrogens is 733 g/mol. The topological polar surface area (TPSA) is 247 Å². The highest BCUT2D eigenvalue weighted by Gasteiger charge is 2.44. The maximum atomic E-state index is 14.6. The van der Waals surface area contributed by atoms with Crippen LogP contribution in [0.2, 0.25) is 0 Å². The molecule has 2 rings (SSSR count). The zero-order chi connectivity index (χ0) is 40.6. The molecule has 2 saturated heterocycles. The van der Waals surface area contributed by atoms with Gasteiger partial charge in [0.25, 0.3) is 0 Å². The van der Waals surface area contributed by atoms with Gasteiger partial charge in [-0.3, -0.25) is 28.8 Å². The number of cyclic esters (lactones) is 1. The molecule has 7 N–H and O–H groups in total. The molecule has 0 aliphatic carbocycles. The van der Waals surface area contributed by atoms with Crippen LogP contribution >= 0.6 is 23.5 Å². The van der Waals surface area contributed by atoms with E-state index in [0.717, 1.165) is 11.8 Å². The number of aliphatic hydroxyl groups is 1. The lowest BCUT2D eigenvalue weighted by atomic mass is 10.0. The number of ether oxygens (including phenoxy) is 2. The number of rotatable bonds is 3. The van der Waals surface area contributed by atoms with E-state index >= 15 is 0 Å². The number of esters is 1. The van der Waals surface area contributed by atoms with Gasteiger partial charge in [-0.1, -0.05) is 27.7 Å². The maximum absolute atomic E-state index is 14.6. The van der Waals surface area contributed by atoms with E-state index in [2.05, 4.69) is 10.6 Å². The maximum Gasteiger partial charge on any atom is 0.329 e. The van der Waals surface area contributed by atoms with E-state index in [-0.39, 0.29) is 5.75 Å². The lowest BCUT2D eigenvalue weighted by Crippen LogP contribution is -2.60. The fourth-order valence-electron chi connectivity index (χ4n) is 6.24. The number of aliphatic hydroxyl groups excluding tert-OH is 1. The van der Waals surface area contributed by atoms with Crippen LogP contribution in [-0.4, -0.2) is 179 Å². The minimum Gasteiger partial charge on any atom is -0.462 e. The molecule has 6 amide bonds. The van der Waals surface area contributed by atoms with Crippen molar-refractivity contribution in [2.75, 3.05) is 53.4 Å². The Labute approximate surface area is 320 Å². The first-order chi connectivity index (χ1) is 24.6. The summed E-state index contributed by atoms with van der Waals surface area (Å²) in [5.41, 5.74) is 12.1. The van der Waals surface area contributed by atoms with Gasteiger partial charge >= 0.3 is 5.97 Å². The molecule has 0 radical (unpaired) electrons. The molecule has 0 spiro atoms. The summed E-state index contributed by atoms with van der Waals surface area (Å²) in [6.07, 6.45) is 0.0985. The van der Waals surface area contributed by atoms with E-state index in [1.165, 1.54) is 73.4 Å². The SMILES string of the molecule is CS[C@@H]1SC[C@H]2C(=O)N(C)[C@@H](C(C)C)[C@H](O)OC[C@@H](N)C(=O)N[C@@H](C)C(=O)N(C)[C@@H]1C(=O)N(C)[C@@H](C(C)C)C(=O)OC[C@@H](N)C(=O)N[C@@H](C)C(=O)N2C. The first kappa shape index (κ1) is 46.0. The highest BCUT2D eigenvalue weighted by molar-refractivity contribution is 8.16. The Kier molecular flexibility index (Phi) is 17.3. The molecule has 2 heterocycles. The Morgan fingerprint density at radius 1 is 0.755 bits per heavy atom. The molecule has 2 bridgehead atoms. The number of amides is 6. The Bertz CT molecular complexity index is 1360. The van der Waals surface area contributed by atoms with Crippen LogP contribution in [-0.2, 0) is 43.0 Å². The van der Waals surface area contributed by atoms with Crippen molar-refractivity contribution in [1.29, 1.82) is 0 Å². The third kappa shape index (κ3) is 11.2. The Hall–Kier alpha value is -3.17. The molecule has 53 heavy (non-hydrogen) atoms. The van der Waals surface area contributed by atoms with Gasteiger partial charge in [0.15, 0.2) is 6.29 Å². The number of hydrogen-bond donors (Lipinski definition) is 5. The van der Waals surface area contributed by atoms with Crippen molar-refractivity contribution in [3.8, 4) is 0 Å². The summed E-state index contributed by atoms with van der Waals surface area (Å²) < 4.78 is 10.2. The standard InChI is InChI=1S/C33H58N8O10S2/c1-15(2)22-31(48)50-12-20(35)26(43)37-18(6)28(45)41(10)24-30(47)40(9)23(16(3)4)32(49)51-13-19(34)25(42)36-17(5)27(44)38(7)21(29(46)39(22)8)14-53-33(24)52-11/h15-24,31,33,48H,12-14,34-35H2,1-11H3,(H,36,42)(H,37,43)/t17-,18-,19+,20+,21-,22-,23-,24+,31+,33+/m0/s1. The van der Waals surface area contributed by atoms with Crippen molar-refractivity contribution in [3.05, 3.63) is 0 Å². The minimum atomic E-state index is -1.61. The van der Waals surface area contributed by atoms with Crippen molar-refractivity contribution in [1.82, 2.24) is 30.2 Å². The van der Waals surface area contributed by atoms with Gasteiger partial charge in [-0.05, 0) is 31.9 Å². The largest absolute Gasteiger partial charge is 0.462 e. The summed E-state index contributed by atoms with van der Waals surface area (Å²) in [7, 11) is 5.62. The van der Waals surface area contributed by atoms with E-state index in [0.29, 0.717) is 0 Å². The lowest BCUT2D eigenvalue weighted by molar-refractivity contribution is -0.171. The highest BCUT2D eigenvalue weighted by Crippen LogP contribution is 2.32. The van der Waals surface area contributed by atoms with Crippen LogP contribution in [0.15, 0.2) is 0 Å². The first-order valence-electron chi connectivity index (χ1n) is 17.4. The molecule has 0 aromatic carbocycles. The average Bonchev–Trinajstić information content (AvgIpc) is 3.09. The number of likely N-dealkylation sites (N-methyl/N-ethyl adjacent to an activating group) is 4. The van der Waals surface area contributed by atoms with E-state index in [1.54, 1.807) is 34.0 Å². The van der Waals surface area contributed by atoms with Crippen molar-refractivity contribution in [3.63, 3.8) is 0 Å². The summed E-state index contributed by atoms with van der Waals surface area (Å²) in [4.78, 5) is 101. The van der Waals surface area contributed by atoms with Crippen LogP contribution in [0.1, 0.15) is 41.5 Å². The second kappa shape index (κ2) is 19.9. The number of hydrogen-bond acceptors (Lipinski definition) is 14. The molecule has 0 unspecified atom stereocenters. The fourth-order valence-corrected chi connectivity index (χ4v) is 8.79. The highest BCUT2D eigenvalue weighted by atomic mass is 32.2.